The van der Waals surface area contributed by atoms with Gasteiger partial charge >= 0.3 is 0 Å². The van der Waals surface area contributed by atoms with Gasteiger partial charge in [0.15, 0.2) is 0 Å². The standard InChI is InChI=1S/C24H33NO2/c1-18-8-10-19(11-9-18)22(20-13-15-27-24(2,3)16-20)12-14-25-17-21-6-4-5-7-23(21)26/h4-11,20,22,25-26H,12-17H2,1-3H3/t20-,22-/m1/s1. The van der Waals surface area contributed by atoms with Crippen molar-refractivity contribution in [1.82, 2.24) is 5.32 Å². The smallest absolute Gasteiger partial charge is 0.120 e. The summed E-state index contributed by atoms with van der Waals surface area (Å²) in [4.78, 5) is 0. The largest absolute Gasteiger partial charge is 0.508 e. The van der Waals surface area contributed by atoms with Crippen molar-refractivity contribution in [2.45, 2.75) is 58.1 Å². The fourth-order valence-corrected chi connectivity index (χ4v) is 4.25. The van der Waals surface area contributed by atoms with E-state index in [1.54, 1.807) is 6.07 Å². The molecule has 1 aliphatic rings. The molecule has 0 radical (unpaired) electrons. The number of benzene rings is 2. The summed E-state index contributed by atoms with van der Waals surface area (Å²) >= 11 is 0. The summed E-state index contributed by atoms with van der Waals surface area (Å²) in [5, 5.41) is 13.5. The van der Waals surface area contributed by atoms with Gasteiger partial charge in [-0.1, -0.05) is 48.0 Å². The van der Waals surface area contributed by atoms with E-state index >= 15 is 0 Å². The van der Waals surface area contributed by atoms with Gasteiger partial charge in [-0.05, 0) is 70.0 Å². The lowest BCUT2D eigenvalue weighted by atomic mass is 9.75. The van der Waals surface area contributed by atoms with Crippen molar-refractivity contribution in [3.05, 3.63) is 65.2 Å². The van der Waals surface area contributed by atoms with Crippen molar-refractivity contribution in [3.8, 4) is 5.75 Å². The zero-order chi connectivity index (χ0) is 19.3. The number of hydrogen-bond donors (Lipinski definition) is 2. The molecule has 0 saturated carbocycles. The maximum atomic E-state index is 9.93. The second kappa shape index (κ2) is 8.90. The number of phenols is 1. The zero-order valence-electron chi connectivity index (χ0n) is 16.9. The van der Waals surface area contributed by atoms with E-state index in [9.17, 15) is 5.11 Å². The van der Waals surface area contributed by atoms with Gasteiger partial charge in [0.2, 0.25) is 0 Å². The molecule has 27 heavy (non-hydrogen) atoms. The Labute approximate surface area is 163 Å². The third-order valence-corrected chi connectivity index (χ3v) is 5.75. The summed E-state index contributed by atoms with van der Waals surface area (Å²) in [7, 11) is 0. The number of para-hydroxylation sites is 1. The van der Waals surface area contributed by atoms with Gasteiger partial charge in [0.1, 0.15) is 5.75 Å². The highest BCUT2D eigenvalue weighted by Gasteiger charge is 2.33. The van der Waals surface area contributed by atoms with Crippen LogP contribution in [-0.4, -0.2) is 23.9 Å². The van der Waals surface area contributed by atoms with Crippen LogP contribution in [0.3, 0.4) is 0 Å². The molecule has 2 atom stereocenters. The Hall–Kier alpha value is -1.84. The van der Waals surface area contributed by atoms with Crippen molar-refractivity contribution >= 4 is 0 Å². The Balaban J connectivity index is 1.64. The van der Waals surface area contributed by atoms with Crippen LogP contribution in [0.5, 0.6) is 5.75 Å². The Morgan fingerprint density at radius 1 is 1.15 bits per heavy atom. The van der Waals surface area contributed by atoms with E-state index in [0.29, 0.717) is 24.1 Å². The number of hydrogen-bond acceptors (Lipinski definition) is 3. The monoisotopic (exact) mass is 367 g/mol. The summed E-state index contributed by atoms with van der Waals surface area (Å²) in [5.74, 6) is 1.54. The molecule has 1 aliphatic heterocycles. The van der Waals surface area contributed by atoms with Gasteiger partial charge in [0, 0.05) is 18.7 Å². The molecule has 1 fully saturated rings. The Kier molecular flexibility index (Phi) is 6.56. The van der Waals surface area contributed by atoms with Crippen LogP contribution < -0.4 is 5.32 Å². The molecule has 0 bridgehead atoms. The zero-order valence-corrected chi connectivity index (χ0v) is 16.9. The van der Waals surface area contributed by atoms with E-state index in [1.165, 1.54) is 11.1 Å². The summed E-state index contributed by atoms with van der Waals surface area (Å²) in [6, 6.07) is 16.6. The van der Waals surface area contributed by atoms with Crippen LogP contribution in [0.25, 0.3) is 0 Å². The van der Waals surface area contributed by atoms with Crippen LogP contribution >= 0.6 is 0 Å². The van der Waals surface area contributed by atoms with Gasteiger partial charge in [-0.15, -0.1) is 0 Å². The second-order valence-electron chi connectivity index (χ2n) is 8.47. The van der Waals surface area contributed by atoms with Gasteiger partial charge < -0.3 is 15.2 Å². The minimum absolute atomic E-state index is 0.0326. The molecule has 3 rings (SSSR count). The van der Waals surface area contributed by atoms with Crippen LogP contribution in [0.4, 0.5) is 0 Å². The molecule has 1 saturated heterocycles. The first-order chi connectivity index (χ1) is 12.9. The van der Waals surface area contributed by atoms with Crippen molar-refractivity contribution in [3.63, 3.8) is 0 Å². The maximum absolute atomic E-state index is 9.93. The number of aromatic hydroxyl groups is 1. The molecule has 2 aromatic rings. The van der Waals surface area contributed by atoms with Crippen LogP contribution in [-0.2, 0) is 11.3 Å². The average molecular weight is 368 g/mol. The Morgan fingerprint density at radius 2 is 1.89 bits per heavy atom. The van der Waals surface area contributed by atoms with Crippen molar-refractivity contribution in [2.24, 2.45) is 5.92 Å². The van der Waals surface area contributed by atoms with Crippen molar-refractivity contribution in [1.29, 1.82) is 0 Å². The molecule has 2 N–H and O–H groups in total. The van der Waals surface area contributed by atoms with Crippen molar-refractivity contribution in [2.75, 3.05) is 13.2 Å². The van der Waals surface area contributed by atoms with E-state index in [1.807, 2.05) is 18.2 Å². The van der Waals surface area contributed by atoms with E-state index < -0.39 is 0 Å². The summed E-state index contributed by atoms with van der Waals surface area (Å²) in [6.07, 6.45) is 3.32. The minimum atomic E-state index is -0.0326. The number of ether oxygens (including phenoxy) is 1. The van der Waals surface area contributed by atoms with E-state index in [2.05, 4.69) is 50.4 Å². The van der Waals surface area contributed by atoms with E-state index in [-0.39, 0.29) is 5.60 Å². The molecule has 0 amide bonds. The molecule has 3 heteroatoms. The highest BCUT2D eigenvalue weighted by molar-refractivity contribution is 5.31. The molecule has 0 aliphatic carbocycles. The second-order valence-corrected chi connectivity index (χ2v) is 8.47. The topological polar surface area (TPSA) is 41.5 Å². The molecule has 3 nitrogen and oxygen atoms in total. The molecular weight excluding hydrogens is 334 g/mol. The SMILES string of the molecule is Cc1ccc([C@@H](CCNCc2ccccc2O)[C@@H]2CCOC(C)(C)C2)cc1. The number of rotatable bonds is 7. The van der Waals surface area contributed by atoms with Gasteiger partial charge in [-0.3, -0.25) is 0 Å². The van der Waals surface area contributed by atoms with E-state index in [0.717, 1.165) is 38.0 Å². The third-order valence-electron chi connectivity index (χ3n) is 5.75. The first kappa shape index (κ1) is 19.9. The maximum Gasteiger partial charge on any atom is 0.120 e. The lowest BCUT2D eigenvalue weighted by molar-refractivity contribution is -0.0771. The quantitative estimate of drug-likeness (QED) is 0.664. The fourth-order valence-electron chi connectivity index (χ4n) is 4.25. The molecule has 0 spiro atoms. The van der Waals surface area contributed by atoms with Crippen molar-refractivity contribution < 1.29 is 9.84 Å². The first-order valence-electron chi connectivity index (χ1n) is 10.1. The minimum Gasteiger partial charge on any atom is -0.508 e. The fraction of sp³-hybridized carbons (Fsp3) is 0.500. The number of nitrogens with one attached hydrogen (secondary N) is 1. The van der Waals surface area contributed by atoms with Gasteiger partial charge in [0.25, 0.3) is 0 Å². The normalized spacial score (nSPS) is 20.3. The predicted octanol–water partition coefficient (Wildman–Crippen LogP) is 5.17. The van der Waals surface area contributed by atoms with Gasteiger partial charge in [-0.25, -0.2) is 0 Å². The molecule has 2 aromatic carbocycles. The average Bonchev–Trinajstić information content (AvgIpc) is 2.63. The lowest BCUT2D eigenvalue weighted by Gasteiger charge is -2.39. The third kappa shape index (κ3) is 5.57. The van der Waals surface area contributed by atoms with Gasteiger partial charge in [0.05, 0.1) is 5.60 Å². The molecular formula is C24H33NO2. The van der Waals surface area contributed by atoms with E-state index in [4.69, 9.17) is 4.74 Å². The number of phenolic OH excluding ortho intramolecular Hbond substituents is 1. The highest BCUT2D eigenvalue weighted by Crippen LogP contribution is 2.39. The number of aryl methyl sites for hydroxylation is 1. The Bertz CT molecular complexity index is 723. The summed E-state index contributed by atoms with van der Waals surface area (Å²) in [5.41, 5.74) is 3.67. The van der Waals surface area contributed by atoms with Gasteiger partial charge in [-0.2, -0.15) is 0 Å². The van der Waals surface area contributed by atoms with Crippen LogP contribution in [0.2, 0.25) is 0 Å². The van der Waals surface area contributed by atoms with Crippen LogP contribution in [0.15, 0.2) is 48.5 Å². The molecule has 1 heterocycles. The van der Waals surface area contributed by atoms with Crippen LogP contribution in [0.1, 0.15) is 55.7 Å². The molecule has 146 valence electrons. The molecule has 0 unspecified atom stereocenters. The Morgan fingerprint density at radius 3 is 2.59 bits per heavy atom. The molecule has 0 aromatic heterocycles. The lowest BCUT2D eigenvalue weighted by Crippen LogP contribution is -2.36. The first-order valence-corrected chi connectivity index (χ1v) is 10.1. The summed E-state index contributed by atoms with van der Waals surface area (Å²) in [6.45, 7) is 9.05. The highest BCUT2D eigenvalue weighted by atomic mass is 16.5. The predicted molar refractivity (Wildman–Crippen MR) is 111 cm³/mol. The van der Waals surface area contributed by atoms with Crippen LogP contribution in [0, 0.1) is 12.8 Å². The summed E-state index contributed by atoms with van der Waals surface area (Å²) < 4.78 is 5.95.